The number of carbonyl (C=O) groups excluding carboxylic acids is 1. The summed E-state index contributed by atoms with van der Waals surface area (Å²) >= 11 is 0. The van der Waals surface area contributed by atoms with Gasteiger partial charge in [0.05, 0.1) is 11.4 Å². The zero-order valence-electron chi connectivity index (χ0n) is 9.77. The van der Waals surface area contributed by atoms with Gasteiger partial charge in [-0.3, -0.25) is 4.79 Å². The van der Waals surface area contributed by atoms with Crippen molar-refractivity contribution < 1.29 is 9.90 Å². The molecular weight excluding hydrogens is 214 g/mol. The lowest BCUT2D eigenvalue weighted by atomic mass is 9.97. The molecule has 0 bridgehead atoms. The van der Waals surface area contributed by atoms with Gasteiger partial charge >= 0.3 is 0 Å². The van der Waals surface area contributed by atoms with Gasteiger partial charge in [0.1, 0.15) is 5.75 Å². The molecule has 2 rings (SSSR count). The zero-order chi connectivity index (χ0) is 12.4. The van der Waals surface area contributed by atoms with Crippen molar-refractivity contribution in [1.29, 1.82) is 0 Å². The Morgan fingerprint density at radius 2 is 1.53 bits per heavy atom. The molecule has 86 valence electrons. The lowest BCUT2D eigenvalue weighted by molar-refractivity contribution is -0.110. The normalized spacial score (nSPS) is 15.4. The van der Waals surface area contributed by atoms with Crippen molar-refractivity contribution in [3.05, 3.63) is 47.6 Å². The van der Waals surface area contributed by atoms with E-state index in [4.69, 9.17) is 0 Å². The lowest BCUT2D eigenvalue weighted by Gasteiger charge is -2.11. The molecule has 0 unspecified atom stereocenters. The largest absolute Gasteiger partial charge is 0.508 e. The van der Waals surface area contributed by atoms with Crippen molar-refractivity contribution in [2.45, 2.75) is 13.8 Å². The molecule has 17 heavy (non-hydrogen) atoms. The maximum absolute atomic E-state index is 11.3. The van der Waals surface area contributed by atoms with E-state index < -0.39 is 0 Å². The second kappa shape index (κ2) is 4.37. The van der Waals surface area contributed by atoms with Gasteiger partial charge in [0.2, 0.25) is 0 Å². The predicted molar refractivity (Wildman–Crippen MR) is 67.7 cm³/mol. The summed E-state index contributed by atoms with van der Waals surface area (Å²) in [6.07, 6.45) is 3.15. The number of ketones is 1. The molecule has 0 saturated carbocycles. The molecule has 3 heteroatoms. The lowest BCUT2D eigenvalue weighted by Crippen LogP contribution is -2.10. The molecular formula is C14H13NO2. The molecule has 0 aliphatic heterocycles. The molecule has 1 aliphatic carbocycles. The first kappa shape index (κ1) is 11.3. The Balaban J connectivity index is 2.40. The van der Waals surface area contributed by atoms with E-state index in [1.807, 2.05) is 13.8 Å². The Morgan fingerprint density at radius 1 is 1.00 bits per heavy atom. The van der Waals surface area contributed by atoms with Gasteiger partial charge in [-0.15, -0.1) is 0 Å². The van der Waals surface area contributed by atoms with Crippen molar-refractivity contribution >= 4 is 17.2 Å². The first-order chi connectivity index (χ1) is 8.06. The Labute approximate surface area is 99.8 Å². The molecule has 0 heterocycles. The van der Waals surface area contributed by atoms with Crippen LogP contribution in [0, 0.1) is 0 Å². The average Bonchev–Trinajstić information content (AvgIpc) is 2.26. The van der Waals surface area contributed by atoms with Gasteiger partial charge in [-0.05, 0) is 61.4 Å². The fraction of sp³-hybridized carbons (Fsp3) is 0.143. The van der Waals surface area contributed by atoms with E-state index in [1.165, 1.54) is 0 Å². The number of aliphatic imine (C=N–C) groups is 1. The summed E-state index contributed by atoms with van der Waals surface area (Å²) in [5.41, 5.74) is 3.30. The molecule has 0 saturated heterocycles. The number of hydrogen-bond donors (Lipinski definition) is 1. The summed E-state index contributed by atoms with van der Waals surface area (Å²) < 4.78 is 0. The van der Waals surface area contributed by atoms with Gasteiger partial charge in [0.25, 0.3) is 0 Å². The SMILES string of the molecule is CC1=CC(=O)C=C(C)C1=Nc1ccc(O)cc1. The number of phenolic OH excluding ortho intramolecular Hbond substituents is 1. The van der Waals surface area contributed by atoms with E-state index in [9.17, 15) is 9.90 Å². The van der Waals surface area contributed by atoms with Crippen LogP contribution in [-0.4, -0.2) is 16.6 Å². The van der Waals surface area contributed by atoms with Crippen molar-refractivity contribution in [2.24, 2.45) is 4.99 Å². The molecule has 0 radical (unpaired) electrons. The zero-order valence-corrected chi connectivity index (χ0v) is 9.77. The molecule has 1 aromatic rings. The van der Waals surface area contributed by atoms with Gasteiger partial charge in [0, 0.05) is 0 Å². The average molecular weight is 227 g/mol. The Hall–Kier alpha value is -2.16. The van der Waals surface area contributed by atoms with E-state index in [1.54, 1.807) is 36.4 Å². The van der Waals surface area contributed by atoms with Crippen LogP contribution in [0.4, 0.5) is 5.69 Å². The topological polar surface area (TPSA) is 49.7 Å². The van der Waals surface area contributed by atoms with E-state index in [0.717, 1.165) is 22.5 Å². The van der Waals surface area contributed by atoms with E-state index >= 15 is 0 Å². The van der Waals surface area contributed by atoms with Gasteiger partial charge in [0.15, 0.2) is 5.78 Å². The molecule has 1 N–H and O–H groups in total. The summed E-state index contributed by atoms with van der Waals surface area (Å²) in [4.78, 5) is 15.8. The molecule has 1 aliphatic rings. The number of aromatic hydroxyl groups is 1. The number of benzene rings is 1. The molecule has 0 fully saturated rings. The maximum Gasteiger partial charge on any atom is 0.179 e. The predicted octanol–water partition coefficient (Wildman–Crippen LogP) is 2.94. The fourth-order valence-electron chi connectivity index (χ4n) is 1.75. The fourth-order valence-corrected chi connectivity index (χ4v) is 1.75. The summed E-state index contributed by atoms with van der Waals surface area (Å²) in [5, 5.41) is 9.19. The van der Waals surface area contributed by atoms with E-state index in [0.29, 0.717) is 0 Å². The van der Waals surface area contributed by atoms with Gasteiger partial charge in [-0.25, -0.2) is 4.99 Å². The minimum Gasteiger partial charge on any atom is -0.508 e. The van der Waals surface area contributed by atoms with Crippen molar-refractivity contribution in [2.75, 3.05) is 0 Å². The Kier molecular flexibility index (Phi) is 2.91. The molecule has 0 amide bonds. The molecule has 1 aromatic carbocycles. The van der Waals surface area contributed by atoms with Crippen molar-refractivity contribution in [3.63, 3.8) is 0 Å². The standard InChI is InChI=1S/C14H13NO2/c1-9-7-13(17)8-10(2)14(9)15-11-3-5-12(16)6-4-11/h3-8,16H,1-2H3. The van der Waals surface area contributed by atoms with Crippen LogP contribution in [0.1, 0.15) is 13.8 Å². The second-order valence-electron chi connectivity index (χ2n) is 4.03. The van der Waals surface area contributed by atoms with Crippen LogP contribution in [0.5, 0.6) is 5.75 Å². The first-order valence-corrected chi connectivity index (χ1v) is 5.35. The number of phenols is 1. The summed E-state index contributed by atoms with van der Waals surface area (Å²) in [6, 6.07) is 6.65. The Morgan fingerprint density at radius 3 is 2.06 bits per heavy atom. The van der Waals surface area contributed by atoms with E-state index in [-0.39, 0.29) is 11.5 Å². The van der Waals surface area contributed by atoms with Crippen LogP contribution in [0.3, 0.4) is 0 Å². The summed E-state index contributed by atoms with van der Waals surface area (Å²) in [6.45, 7) is 3.74. The summed E-state index contributed by atoms with van der Waals surface area (Å²) in [5.74, 6) is 0.219. The highest BCUT2D eigenvalue weighted by atomic mass is 16.3. The van der Waals surface area contributed by atoms with Crippen molar-refractivity contribution in [1.82, 2.24) is 0 Å². The highest BCUT2D eigenvalue weighted by Gasteiger charge is 2.13. The van der Waals surface area contributed by atoms with Crippen LogP contribution in [0.25, 0.3) is 0 Å². The number of allylic oxidation sites excluding steroid dienone is 4. The number of carbonyl (C=O) groups is 1. The minimum absolute atomic E-state index is 0.00431. The third kappa shape index (κ3) is 2.50. The van der Waals surface area contributed by atoms with Crippen LogP contribution in [-0.2, 0) is 4.79 Å². The van der Waals surface area contributed by atoms with Crippen molar-refractivity contribution in [3.8, 4) is 5.75 Å². The van der Waals surface area contributed by atoms with E-state index in [2.05, 4.69) is 4.99 Å². The molecule has 0 aromatic heterocycles. The quantitative estimate of drug-likeness (QED) is 0.750. The Bertz CT molecular complexity index is 524. The molecule has 0 spiro atoms. The maximum atomic E-state index is 11.3. The number of rotatable bonds is 1. The monoisotopic (exact) mass is 227 g/mol. The number of hydrogen-bond acceptors (Lipinski definition) is 3. The highest BCUT2D eigenvalue weighted by Crippen LogP contribution is 2.21. The number of nitrogens with zero attached hydrogens (tertiary/aromatic N) is 1. The van der Waals surface area contributed by atoms with Crippen LogP contribution >= 0.6 is 0 Å². The van der Waals surface area contributed by atoms with Crippen LogP contribution in [0.2, 0.25) is 0 Å². The van der Waals surface area contributed by atoms with Gasteiger partial charge in [-0.2, -0.15) is 0 Å². The summed E-state index contributed by atoms with van der Waals surface area (Å²) in [7, 11) is 0. The first-order valence-electron chi connectivity index (χ1n) is 5.35. The van der Waals surface area contributed by atoms with Crippen LogP contribution < -0.4 is 0 Å². The molecule has 3 nitrogen and oxygen atoms in total. The second-order valence-corrected chi connectivity index (χ2v) is 4.03. The highest BCUT2D eigenvalue weighted by molar-refractivity contribution is 6.22. The molecule has 0 atom stereocenters. The van der Waals surface area contributed by atoms with Gasteiger partial charge in [-0.1, -0.05) is 0 Å². The third-order valence-corrected chi connectivity index (χ3v) is 2.56. The van der Waals surface area contributed by atoms with Gasteiger partial charge < -0.3 is 5.11 Å². The minimum atomic E-state index is 0.00431. The third-order valence-electron chi connectivity index (χ3n) is 2.56. The van der Waals surface area contributed by atoms with Crippen LogP contribution in [0.15, 0.2) is 52.6 Å². The smallest absolute Gasteiger partial charge is 0.179 e.